The van der Waals surface area contributed by atoms with Crippen LogP contribution in [0.2, 0.25) is 0 Å². The second kappa shape index (κ2) is 5.38. The standard InChI is InChI=1S/C15H15N3O5/c19-13(17-15(14(20)21)5-1-2-6-15)11-8-16-12-4-3-9(18(22)23)7-10(11)12/h3-4,7-8,16H,1-2,5-6H2,(H,17,19)(H,20,21). The Labute approximate surface area is 130 Å². The third-order valence-electron chi connectivity index (χ3n) is 4.34. The van der Waals surface area contributed by atoms with Gasteiger partial charge in [0.1, 0.15) is 5.54 Å². The van der Waals surface area contributed by atoms with Crippen LogP contribution in [0.25, 0.3) is 10.9 Å². The van der Waals surface area contributed by atoms with Gasteiger partial charge in [-0.1, -0.05) is 12.8 Å². The summed E-state index contributed by atoms with van der Waals surface area (Å²) in [6, 6.07) is 4.17. The minimum absolute atomic E-state index is 0.125. The van der Waals surface area contributed by atoms with Gasteiger partial charge in [-0.25, -0.2) is 4.79 Å². The van der Waals surface area contributed by atoms with E-state index in [4.69, 9.17) is 0 Å². The number of non-ortho nitro benzene ring substituents is 1. The number of rotatable bonds is 4. The molecule has 3 N–H and O–H groups in total. The highest BCUT2D eigenvalue weighted by Crippen LogP contribution is 2.31. The van der Waals surface area contributed by atoms with Crippen molar-refractivity contribution in [3.8, 4) is 0 Å². The van der Waals surface area contributed by atoms with Crippen molar-refractivity contribution in [1.82, 2.24) is 10.3 Å². The number of amides is 1. The Morgan fingerprint density at radius 1 is 1.30 bits per heavy atom. The van der Waals surface area contributed by atoms with Gasteiger partial charge in [0.05, 0.1) is 10.5 Å². The predicted octanol–water partition coefficient (Wildman–Crippen LogP) is 2.20. The molecule has 1 aromatic heterocycles. The van der Waals surface area contributed by atoms with E-state index in [1.54, 1.807) is 0 Å². The molecule has 1 heterocycles. The molecule has 2 aromatic rings. The molecule has 1 aliphatic rings. The number of nitro groups is 1. The van der Waals surface area contributed by atoms with Crippen LogP contribution in [-0.2, 0) is 4.79 Å². The summed E-state index contributed by atoms with van der Waals surface area (Å²) < 4.78 is 0. The van der Waals surface area contributed by atoms with E-state index in [0.29, 0.717) is 23.7 Å². The molecular formula is C15H15N3O5. The van der Waals surface area contributed by atoms with Gasteiger partial charge in [0.2, 0.25) is 0 Å². The van der Waals surface area contributed by atoms with Crippen molar-refractivity contribution >= 4 is 28.5 Å². The molecule has 1 aliphatic carbocycles. The fourth-order valence-corrected chi connectivity index (χ4v) is 3.07. The fraction of sp³-hybridized carbons (Fsp3) is 0.333. The van der Waals surface area contributed by atoms with Crippen LogP contribution in [0.4, 0.5) is 5.69 Å². The molecule has 0 aliphatic heterocycles. The molecule has 0 saturated heterocycles. The summed E-state index contributed by atoms with van der Waals surface area (Å²) in [5.74, 6) is -1.59. The first-order valence-electron chi connectivity index (χ1n) is 7.24. The molecule has 1 amide bonds. The Morgan fingerprint density at radius 2 is 2.00 bits per heavy atom. The van der Waals surface area contributed by atoms with Crippen molar-refractivity contribution in [2.45, 2.75) is 31.2 Å². The number of carbonyl (C=O) groups is 2. The number of carbonyl (C=O) groups excluding carboxylic acids is 1. The number of hydrogen-bond acceptors (Lipinski definition) is 4. The van der Waals surface area contributed by atoms with E-state index in [1.165, 1.54) is 24.4 Å². The van der Waals surface area contributed by atoms with Crippen LogP contribution >= 0.6 is 0 Å². The summed E-state index contributed by atoms with van der Waals surface area (Å²) in [5, 5.41) is 23.3. The number of benzene rings is 1. The summed E-state index contributed by atoms with van der Waals surface area (Å²) in [5.41, 5.74) is -0.589. The summed E-state index contributed by atoms with van der Waals surface area (Å²) in [7, 11) is 0. The Balaban J connectivity index is 1.96. The van der Waals surface area contributed by atoms with Gasteiger partial charge in [-0.05, 0) is 18.9 Å². The molecule has 0 unspecified atom stereocenters. The summed E-state index contributed by atoms with van der Waals surface area (Å²) >= 11 is 0. The highest BCUT2D eigenvalue weighted by atomic mass is 16.6. The van der Waals surface area contributed by atoms with E-state index in [9.17, 15) is 24.8 Å². The number of carboxylic acids is 1. The third-order valence-corrected chi connectivity index (χ3v) is 4.34. The summed E-state index contributed by atoms with van der Waals surface area (Å²) in [4.78, 5) is 37.2. The molecule has 0 radical (unpaired) electrons. The maximum atomic E-state index is 12.5. The first-order chi connectivity index (χ1) is 10.9. The predicted molar refractivity (Wildman–Crippen MR) is 81.3 cm³/mol. The molecule has 0 atom stereocenters. The van der Waals surface area contributed by atoms with Crippen molar-refractivity contribution in [3.63, 3.8) is 0 Å². The number of H-pyrrole nitrogens is 1. The number of carboxylic acid groups (broad SMARTS) is 1. The molecule has 3 rings (SSSR count). The van der Waals surface area contributed by atoms with Crippen LogP contribution in [-0.4, -0.2) is 32.4 Å². The number of fused-ring (bicyclic) bond motifs is 1. The average molecular weight is 317 g/mol. The maximum Gasteiger partial charge on any atom is 0.329 e. The first kappa shape index (κ1) is 15.0. The summed E-state index contributed by atoms with van der Waals surface area (Å²) in [6.07, 6.45) is 3.69. The second-order valence-corrected chi connectivity index (χ2v) is 5.74. The molecule has 1 fully saturated rings. The topological polar surface area (TPSA) is 125 Å². The van der Waals surface area contributed by atoms with Crippen LogP contribution in [0, 0.1) is 10.1 Å². The van der Waals surface area contributed by atoms with Crippen LogP contribution in [0.5, 0.6) is 0 Å². The number of aromatic nitrogens is 1. The molecule has 120 valence electrons. The van der Waals surface area contributed by atoms with Crippen LogP contribution in [0.15, 0.2) is 24.4 Å². The smallest absolute Gasteiger partial charge is 0.329 e. The lowest BCUT2D eigenvalue weighted by atomic mass is 9.97. The lowest BCUT2D eigenvalue weighted by Gasteiger charge is -2.25. The van der Waals surface area contributed by atoms with E-state index in [2.05, 4.69) is 10.3 Å². The number of hydrogen-bond donors (Lipinski definition) is 3. The van der Waals surface area contributed by atoms with E-state index in [-0.39, 0.29) is 11.3 Å². The zero-order valence-electron chi connectivity index (χ0n) is 12.2. The Kier molecular flexibility index (Phi) is 3.51. The van der Waals surface area contributed by atoms with Gasteiger partial charge in [-0.3, -0.25) is 14.9 Å². The monoisotopic (exact) mass is 317 g/mol. The van der Waals surface area contributed by atoms with Crippen LogP contribution in [0.3, 0.4) is 0 Å². The van der Waals surface area contributed by atoms with E-state index in [1.807, 2.05) is 0 Å². The van der Waals surface area contributed by atoms with Gasteiger partial charge in [0.25, 0.3) is 11.6 Å². The molecule has 23 heavy (non-hydrogen) atoms. The van der Waals surface area contributed by atoms with Gasteiger partial charge >= 0.3 is 5.97 Å². The molecule has 0 bridgehead atoms. The molecular weight excluding hydrogens is 302 g/mol. The van der Waals surface area contributed by atoms with Gasteiger partial charge in [-0.15, -0.1) is 0 Å². The highest BCUT2D eigenvalue weighted by molar-refractivity contribution is 6.08. The Bertz CT molecular complexity index is 805. The van der Waals surface area contributed by atoms with Gasteiger partial charge in [0.15, 0.2) is 0 Å². The maximum absolute atomic E-state index is 12.5. The zero-order chi connectivity index (χ0) is 16.6. The van der Waals surface area contributed by atoms with E-state index in [0.717, 1.165) is 12.8 Å². The minimum atomic E-state index is -1.25. The van der Waals surface area contributed by atoms with E-state index < -0.39 is 22.3 Å². The number of nitro benzene ring substituents is 1. The molecule has 1 saturated carbocycles. The highest BCUT2D eigenvalue weighted by Gasteiger charge is 2.43. The number of nitrogens with one attached hydrogen (secondary N) is 2. The molecule has 0 spiro atoms. The molecule has 1 aromatic carbocycles. The van der Waals surface area contributed by atoms with Crippen molar-refractivity contribution in [2.24, 2.45) is 0 Å². The average Bonchev–Trinajstić information content (AvgIpc) is 3.13. The van der Waals surface area contributed by atoms with Crippen LogP contribution < -0.4 is 5.32 Å². The van der Waals surface area contributed by atoms with Crippen molar-refractivity contribution < 1.29 is 19.6 Å². The second-order valence-electron chi connectivity index (χ2n) is 5.74. The normalized spacial score (nSPS) is 16.3. The third kappa shape index (κ3) is 2.52. The lowest BCUT2D eigenvalue weighted by molar-refractivity contribution is -0.384. The van der Waals surface area contributed by atoms with Crippen LogP contribution in [0.1, 0.15) is 36.0 Å². The quantitative estimate of drug-likeness (QED) is 0.589. The van der Waals surface area contributed by atoms with E-state index >= 15 is 0 Å². The Morgan fingerprint density at radius 3 is 2.61 bits per heavy atom. The minimum Gasteiger partial charge on any atom is -0.480 e. The zero-order valence-corrected chi connectivity index (χ0v) is 12.2. The lowest BCUT2D eigenvalue weighted by Crippen LogP contribution is -2.52. The largest absolute Gasteiger partial charge is 0.480 e. The molecule has 8 nitrogen and oxygen atoms in total. The number of aromatic amines is 1. The number of aliphatic carboxylic acids is 1. The molecule has 8 heteroatoms. The SMILES string of the molecule is O=C(NC1(C(=O)O)CCCC1)c1c[nH]c2ccc([N+](=O)[O-])cc12. The Hall–Kier alpha value is -2.90. The van der Waals surface area contributed by atoms with Gasteiger partial charge < -0.3 is 15.4 Å². The first-order valence-corrected chi connectivity index (χ1v) is 7.24. The summed E-state index contributed by atoms with van der Waals surface area (Å²) in [6.45, 7) is 0. The van der Waals surface area contributed by atoms with Crippen molar-refractivity contribution in [2.75, 3.05) is 0 Å². The number of nitrogens with zero attached hydrogens (tertiary/aromatic N) is 1. The fourth-order valence-electron chi connectivity index (χ4n) is 3.07. The van der Waals surface area contributed by atoms with Crippen molar-refractivity contribution in [1.29, 1.82) is 0 Å². The van der Waals surface area contributed by atoms with Crippen molar-refractivity contribution in [3.05, 3.63) is 40.1 Å². The van der Waals surface area contributed by atoms with Gasteiger partial charge in [0, 0.05) is 29.2 Å². The van der Waals surface area contributed by atoms with Gasteiger partial charge in [-0.2, -0.15) is 0 Å².